The van der Waals surface area contributed by atoms with Crippen molar-refractivity contribution in [2.24, 2.45) is 5.92 Å². The molecule has 1 aromatic heterocycles. The van der Waals surface area contributed by atoms with E-state index >= 15 is 0 Å². The van der Waals surface area contributed by atoms with Gasteiger partial charge in [-0.2, -0.15) is 0 Å². The van der Waals surface area contributed by atoms with Crippen molar-refractivity contribution in [1.82, 2.24) is 14.7 Å². The second-order valence-electron chi connectivity index (χ2n) is 7.61. The van der Waals surface area contributed by atoms with Gasteiger partial charge in [-0.25, -0.2) is 0 Å². The molecule has 0 spiro atoms. The zero-order chi connectivity index (χ0) is 20.2. The van der Waals surface area contributed by atoms with Gasteiger partial charge in [0.25, 0.3) is 5.91 Å². The van der Waals surface area contributed by atoms with Crippen molar-refractivity contribution in [1.29, 1.82) is 0 Å². The van der Waals surface area contributed by atoms with Gasteiger partial charge >= 0.3 is 0 Å². The second kappa shape index (κ2) is 8.51. The topological polar surface area (TPSA) is 74.1 Å². The van der Waals surface area contributed by atoms with Gasteiger partial charge in [0.1, 0.15) is 6.26 Å². The van der Waals surface area contributed by atoms with Crippen LogP contribution in [-0.4, -0.2) is 71.7 Å². The second-order valence-corrected chi connectivity index (χ2v) is 7.61. The third kappa shape index (κ3) is 4.34. The minimum Gasteiger partial charge on any atom is -0.472 e. The van der Waals surface area contributed by atoms with Gasteiger partial charge in [0.2, 0.25) is 11.8 Å². The Kier molecular flexibility index (Phi) is 5.64. The molecule has 2 aliphatic heterocycles. The summed E-state index contributed by atoms with van der Waals surface area (Å²) in [4.78, 5) is 43.0. The van der Waals surface area contributed by atoms with E-state index in [-0.39, 0.29) is 30.1 Å². The molecule has 0 aliphatic carbocycles. The van der Waals surface area contributed by atoms with Gasteiger partial charge in [0, 0.05) is 45.7 Å². The number of carbonyl (C=O) groups is 3. The molecule has 1 aromatic carbocycles. The van der Waals surface area contributed by atoms with Crippen LogP contribution in [0.2, 0.25) is 0 Å². The number of rotatable bonds is 5. The Balaban J connectivity index is 1.27. The summed E-state index contributed by atoms with van der Waals surface area (Å²) in [6.45, 7) is 3.11. The predicted molar refractivity (Wildman–Crippen MR) is 106 cm³/mol. The number of carbonyl (C=O) groups excluding carboxylic acids is 3. The first-order valence-corrected chi connectivity index (χ1v) is 10.0. The average Bonchev–Trinajstić information content (AvgIpc) is 3.42. The quantitative estimate of drug-likeness (QED) is 0.772. The minimum absolute atomic E-state index is 0.0240. The van der Waals surface area contributed by atoms with E-state index in [4.69, 9.17) is 4.42 Å². The van der Waals surface area contributed by atoms with Crippen LogP contribution in [0.1, 0.15) is 22.3 Å². The lowest BCUT2D eigenvalue weighted by atomic mass is 10.1. The maximum atomic E-state index is 12.9. The summed E-state index contributed by atoms with van der Waals surface area (Å²) >= 11 is 0. The van der Waals surface area contributed by atoms with Crippen LogP contribution in [-0.2, 0) is 16.0 Å². The highest BCUT2D eigenvalue weighted by atomic mass is 16.3. The van der Waals surface area contributed by atoms with E-state index in [1.165, 1.54) is 18.1 Å². The summed E-state index contributed by atoms with van der Waals surface area (Å²) in [5.74, 6) is -0.285. The molecule has 7 heteroatoms. The molecule has 0 saturated carbocycles. The Bertz CT molecular complexity index is 857. The number of furan rings is 1. The number of nitrogens with zero attached hydrogens (tertiary/aromatic N) is 3. The summed E-state index contributed by atoms with van der Waals surface area (Å²) in [6, 6.07) is 11.7. The van der Waals surface area contributed by atoms with Crippen LogP contribution in [0.15, 0.2) is 53.3 Å². The largest absolute Gasteiger partial charge is 0.472 e. The zero-order valence-electron chi connectivity index (χ0n) is 16.3. The third-order valence-corrected chi connectivity index (χ3v) is 5.72. The molecule has 3 heterocycles. The molecule has 2 saturated heterocycles. The van der Waals surface area contributed by atoms with E-state index in [0.29, 0.717) is 44.8 Å². The molecule has 4 rings (SSSR count). The van der Waals surface area contributed by atoms with E-state index < -0.39 is 0 Å². The lowest BCUT2D eigenvalue weighted by Gasteiger charge is -2.35. The van der Waals surface area contributed by atoms with Crippen LogP contribution in [0.25, 0.3) is 0 Å². The summed E-state index contributed by atoms with van der Waals surface area (Å²) in [5, 5.41) is 0. The zero-order valence-corrected chi connectivity index (χ0v) is 16.3. The van der Waals surface area contributed by atoms with E-state index in [0.717, 1.165) is 6.42 Å². The van der Waals surface area contributed by atoms with E-state index in [1.54, 1.807) is 20.8 Å². The molecule has 0 N–H and O–H groups in total. The number of hydrogen-bond donors (Lipinski definition) is 0. The van der Waals surface area contributed by atoms with Crippen molar-refractivity contribution in [2.75, 3.05) is 39.3 Å². The van der Waals surface area contributed by atoms with E-state index in [9.17, 15) is 14.4 Å². The smallest absolute Gasteiger partial charge is 0.257 e. The van der Waals surface area contributed by atoms with Crippen molar-refractivity contribution in [3.05, 3.63) is 60.1 Å². The Hall–Kier alpha value is -3.09. The fourth-order valence-corrected chi connectivity index (χ4v) is 4.02. The molecule has 1 atom stereocenters. The monoisotopic (exact) mass is 395 g/mol. The van der Waals surface area contributed by atoms with Crippen molar-refractivity contribution in [3.8, 4) is 0 Å². The maximum Gasteiger partial charge on any atom is 0.257 e. The lowest BCUT2D eigenvalue weighted by molar-refractivity contribution is -0.137. The van der Waals surface area contributed by atoms with Gasteiger partial charge in [0.15, 0.2) is 0 Å². The summed E-state index contributed by atoms with van der Waals surface area (Å²) < 4.78 is 4.97. The van der Waals surface area contributed by atoms with Crippen LogP contribution in [0.4, 0.5) is 0 Å². The first-order chi connectivity index (χ1) is 14.1. The van der Waals surface area contributed by atoms with Crippen LogP contribution < -0.4 is 0 Å². The van der Waals surface area contributed by atoms with Gasteiger partial charge in [-0.05, 0) is 18.1 Å². The van der Waals surface area contributed by atoms with Crippen molar-refractivity contribution in [2.45, 2.75) is 12.8 Å². The van der Waals surface area contributed by atoms with Crippen LogP contribution in [0.3, 0.4) is 0 Å². The third-order valence-electron chi connectivity index (χ3n) is 5.72. The Morgan fingerprint density at radius 2 is 1.72 bits per heavy atom. The van der Waals surface area contributed by atoms with Crippen molar-refractivity contribution < 1.29 is 18.8 Å². The Labute approximate surface area is 169 Å². The van der Waals surface area contributed by atoms with E-state index in [2.05, 4.69) is 0 Å². The molecule has 7 nitrogen and oxygen atoms in total. The average molecular weight is 395 g/mol. The molecule has 2 aromatic rings. The Morgan fingerprint density at radius 3 is 2.41 bits per heavy atom. The molecule has 3 amide bonds. The number of piperazine rings is 1. The number of hydrogen-bond acceptors (Lipinski definition) is 4. The first-order valence-electron chi connectivity index (χ1n) is 10.0. The van der Waals surface area contributed by atoms with Crippen LogP contribution in [0, 0.1) is 5.92 Å². The van der Waals surface area contributed by atoms with Gasteiger partial charge in [-0.15, -0.1) is 0 Å². The molecule has 0 radical (unpaired) electrons. The molecule has 1 unspecified atom stereocenters. The van der Waals surface area contributed by atoms with Gasteiger partial charge in [0.05, 0.1) is 17.7 Å². The van der Waals surface area contributed by atoms with Crippen molar-refractivity contribution >= 4 is 17.7 Å². The molecule has 0 bridgehead atoms. The first kappa shape index (κ1) is 19.2. The number of amides is 3. The molecule has 152 valence electrons. The van der Waals surface area contributed by atoms with E-state index in [1.807, 2.05) is 30.3 Å². The number of likely N-dealkylation sites (tertiary alicyclic amines) is 1. The summed E-state index contributed by atoms with van der Waals surface area (Å²) in [5.41, 5.74) is 1.72. The molecule has 29 heavy (non-hydrogen) atoms. The van der Waals surface area contributed by atoms with Crippen LogP contribution >= 0.6 is 0 Å². The standard InChI is InChI=1S/C22H25N3O4/c26-20-14-19(15-25(20)8-6-17-4-2-1-3-5-17)22(28)24-11-9-23(10-12-24)21(27)18-7-13-29-16-18/h1-5,7,13,16,19H,6,8-12,14-15H2. The summed E-state index contributed by atoms with van der Waals surface area (Å²) in [6.07, 6.45) is 3.99. The fourth-order valence-electron chi connectivity index (χ4n) is 4.02. The normalized spacial score (nSPS) is 19.7. The van der Waals surface area contributed by atoms with Gasteiger partial charge in [-0.3, -0.25) is 14.4 Å². The van der Waals surface area contributed by atoms with Gasteiger partial charge < -0.3 is 19.1 Å². The number of benzene rings is 1. The molecule has 2 aliphatic rings. The SMILES string of the molecule is O=C1CC(C(=O)N2CCN(C(=O)c3ccoc3)CC2)CN1CCc1ccccc1. The maximum absolute atomic E-state index is 12.9. The van der Waals surface area contributed by atoms with Crippen LogP contribution in [0.5, 0.6) is 0 Å². The highest BCUT2D eigenvalue weighted by Gasteiger charge is 2.37. The Morgan fingerprint density at radius 1 is 1.00 bits per heavy atom. The fraction of sp³-hybridized carbons (Fsp3) is 0.409. The molecule has 2 fully saturated rings. The van der Waals surface area contributed by atoms with Crippen molar-refractivity contribution in [3.63, 3.8) is 0 Å². The minimum atomic E-state index is -0.283. The van der Waals surface area contributed by atoms with Gasteiger partial charge in [-0.1, -0.05) is 30.3 Å². The highest BCUT2D eigenvalue weighted by Crippen LogP contribution is 2.22. The lowest BCUT2D eigenvalue weighted by Crippen LogP contribution is -2.52. The molecular weight excluding hydrogens is 370 g/mol. The summed E-state index contributed by atoms with van der Waals surface area (Å²) in [7, 11) is 0. The highest BCUT2D eigenvalue weighted by molar-refractivity contribution is 5.94. The molecular formula is C22H25N3O4. The predicted octanol–water partition coefficient (Wildman–Crippen LogP) is 1.66.